The van der Waals surface area contributed by atoms with Gasteiger partial charge in [0.15, 0.2) is 0 Å². The molecule has 1 heterocycles. The monoisotopic (exact) mass is 300 g/mol. The zero-order valence-corrected chi connectivity index (χ0v) is 13.1. The SMILES string of the molecule is CCN1CCC(CNC(C)c2ccc(Cl)c(Cl)c2)C1. The van der Waals surface area contributed by atoms with Crippen LogP contribution in [0.3, 0.4) is 0 Å². The number of rotatable bonds is 5. The van der Waals surface area contributed by atoms with E-state index in [-0.39, 0.29) is 0 Å². The molecule has 0 bridgehead atoms. The lowest BCUT2D eigenvalue weighted by Crippen LogP contribution is -2.28. The first-order chi connectivity index (χ1) is 9.10. The molecule has 1 aromatic carbocycles. The van der Waals surface area contributed by atoms with Crippen LogP contribution in [0.2, 0.25) is 10.0 Å². The van der Waals surface area contributed by atoms with Gasteiger partial charge in [0, 0.05) is 12.6 Å². The first-order valence-corrected chi connectivity index (χ1v) is 7.76. The van der Waals surface area contributed by atoms with E-state index in [2.05, 4.69) is 24.1 Å². The number of halogens is 2. The Bertz CT molecular complexity index is 423. The summed E-state index contributed by atoms with van der Waals surface area (Å²) in [4.78, 5) is 2.51. The molecular weight excluding hydrogens is 279 g/mol. The molecule has 2 rings (SSSR count). The van der Waals surface area contributed by atoms with Crippen molar-refractivity contribution in [3.63, 3.8) is 0 Å². The molecule has 0 amide bonds. The molecule has 2 atom stereocenters. The highest BCUT2D eigenvalue weighted by molar-refractivity contribution is 6.42. The van der Waals surface area contributed by atoms with Crippen LogP contribution >= 0.6 is 23.2 Å². The Morgan fingerprint density at radius 3 is 2.79 bits per heavy atom. The summed E-state index contributed by atoms with van der Waals surface area (Å²) in [6.45, 7) is 9.10. The molecule has 0 saturated carbocycles. The van der Waals surface area contributed by atoms with E-state index in [4.69, 9.17) is 23.2 Å². The Kier molecular flexibility index (Phi) is 5.52. The second kappa shape index (κ2) is 6.94. The maximum Gasteiger partial charge on any atom is 0.0595 e. The molecule has 0 spiro atoms. The number of nitrogens with zero attached hydrogens (tertiary/aromatic N) is 1. The zero-order valence-electron chi connectivity index (χ0n) is 11.6. The lowest BCUT2D eigenvalue weighted by Gasteiger charge is -2.18. The predicted molar refractivity (Wildman–Crippen MR) is 83.1 cm³/mol. The molecule has 0 aliphatic carbocycles. The summed E-state index contributed by atoms with van der Waals surface area (Å²) in [6, 6.07) is 6.17. The van der Waals surface area contributed by atoms with Gasteiger partial charge in [0.25, 0.3) is 0 Å². The Morgan fingerprint density at radius 1 is 1.37 bits per heavy atom. The molecule has 4 heteroatoms. The topological polar surface area (TPSA) is 15.3 Å². The largest absolute Gasteiger partial charge is 0.310 e. The van der Waals surface area contributed by atoms with Crippen LogP contribution in [0.25, 0.3) is 0 Å². The van der Waals surface area contributed by atoms with Crippen molar-refractivity contribution in [3.8, 4) is 0 Å². The molecule has 1 aromatic rings. The van der Waals surface area contributed by atoms with Crippen molar-refractivity contribution in [2.45, 2.75) is 26.3 Å². The summed E-state index contributed by atoms with van der Waals surface area (Å²) >= 11 is 12.0. The number of benzene rings is 1. The summed E-state index contributed by atoms with van der Waals surface area (Å²) in [6.07, 6.45) is 1.30. The lowest BCUT2D eigenvalue weighted by atomic mass is 10.1. The van der Waals surface area contributed by atoms with Crippen molar-refractivity contribution >= 4 is 23.2 Å². The molecule has 1 aliphatic rings. The molecule has 0 aromatic heterocycles. The van der Waals surface area contributed by atoms with Gasteiger partial charge < -0.3 is 10.2 Å². The maximum absolute atomic E-state index is 6.06. The fraction of sp³-hybridized carbons (Fsp3) is 0.600. The highest BCUT2D eigenvalue weighted by Crippen LogP contribution is 2.25. The molecule has 1 aliphatic heterocycles. The molecule has 2 unspecified atom stereocenters. The first-order valence-electron chi connectivity index (χ1n) is 7.00. The normalized spacial score (nSPS) is 21.8. The quantitative estimate of drug-likeness (QED) is 0.885. The number of likely N-dealkylation sites (tertiary alicyclic amines) is 1. The molecule has 1 saturated heterocycles. The zero-order chi connectivity index (χ0) is 13.8. The first kappa shape index (κ1) is 15.1. The van der Waals surface area contributed by atoms with E-state index in [0.717, 1.165) is 12.5 Å². The van der Waals surface area contributed by atoms with Crippen molar-refractivity contribution in [2.24, 2.45) is 5.92 Å². The second-order valence-electron chi connectivity index (χ2n) is 5.35. The van der Waals surface area contributed by atoms with Crippen LogP contribution in [-0.4, -0.2) is 31.1 Å². The number of hydrogen-bond donors (Lipinski definition) is 1. The smallest absolute Gasteiger partial charge is 0.0595 e. The third-order valence-electron chi connectivity index (χ3n) is 3.97. The van der Waals surface area contributed by atoms with Crippen molar-refractivity contribution in [2.75, 3.05) is 26.2 Å². The van der Waals surface area contributed by atoms with Gasteiger partial charge in [0.2, 0.25) is 0 Å². The van der Waals surface area contributed by atoms with E-state index >= 15 is 0 Å². The molecular formula is C15H22Cl2N2. The third-order valence-corrected chi connectivity index (χ3v) is 4.71. The van der Waals surface area contributed by atoms with E-state index in [1.165, 1.54) is 31.6 Å². The van der Waals surface area contributed by atoms with Gasteiger partial charge in [-0.1, -0.05) is 36.2 Å². The molecule has 106 valence electrons. The minimum Gasteiger partial charge on any atom is -0.310 e. The highest BCUT2D eigenvalue weighted by Gasteiger charge is 2.21. The molecule has 19 heavy (non-hydrogen) atoms. The van der Waals surface area contributed by atoms with Crippen molar-refractivity contribution in [1.29, 1.82) is 0 Å². The molecule has 1 N–H and O–H groups in total. The standard InChI is InChI=1S/C15H22Cl2N2/c1-3-19-7-6-12(10-19)9-18-11(2)13-4-5-14(16)15(17)8-13/h4-5,8,11-12,18H,3,6-7,9-10H2,1-2H3. The minimum atomic E-state index is 0.311. The van der Waals surface area contributed by atoms with Gasteiger partial charge in [-0.05, 0) is 56.6 Å². The van der Waals surface area contributed by atoms with Crippen LogP contribution in [0.15, 0.2) is 18.2 Å². The average Bonchev–Trinajstić information content (AvgIpc) is 2.87. The summed E-state index contributed by atoms with van der Waals surface area (Å²) in [7, 11) is 0. The Morgan fingerprint density at radius 2 is 2.16 bits per heavy atom. The summed E-state index contributed by atoms with van der Waals surface area (Å²) in [5.41, 5.74) is 1.19. The number of nitrogens with one attached hydrogen (secondary N) is 1. The molecule has 2 nitrogen and oxygen atoms in total. The Labute approximate surface area is 126 Å². The van der Waals surface area contributed by atoms with E-state index < -0.39 is 0 Å². The fourth-order valence-electron chi connectivity index (χ4n) is 2.61. The van der Waals surface area contributed by atoms with E-state index in [9.17, 15) is 0 Å². The minimum absolute atomic E-state index is 0.311. The van der Waals surface area contributed by atoms with E-state index in [1.807, 2.05) is 18.2 Å². The van der Waals surface area contributed by atoms with Gasteiger partial charge >= 0.3 is 0 Å². The van der Waals surface area contributed by atoms with Gasteiger partial charge in [-0.2, -0.15) is 0 Å². The van der Waals surface area contributed by atoms with Crippen LogP contribution in [0.5, 0.6) is 0 Å². The van der Waals surface area contributed by atoms with Crippen LogP contribution in [-0.2, 0) is 0 Å². The highest BCUT2D eigenvalue weighted by atomic mass is 35.5. The van der Waals surface area contributed by atoms with Crippen LogP contribution in [0, 0.1) is 5.92 Å². The summed E-state index contributed by atoms with van der Waals surface area (Å²) in [5.74, 6) is 0.769. The van der Waals surface area contributed by atoms with Crippen molar-refractivity contribution in [1.82, 2.24) is 10.2 Å². The van der Waals surface area contributed by atoms with Crippen molar-refractivity contribution < 1.29 is 0 Å². The fourth-order valence-corrected chi connectivity index (χ4v) is 2.92. The Hall–Kier alpha value is -0.280. The van der Waals surface area contributed by atoms with Gasteiger partial charge in [-0.15, -0.1) is 0 Å². The average molecular weight is 301 g/mol. The van der Waals surface area contributed by atoms with Gasteiger partial charge in [-0.25, -0.2) is 0 Å². The van der Waals surface area contributed by atoms with Crippen LogP contribution in [0.1, 0.15) is 31.9 Å². The third kappa shape index (κ3) is 4.09. The van der Waals surface area contributed by atoms with Gasteiger partial charge in [-0.3, -0.25) is 0 Å². The molecule has 0 radical (unpaired) electrons. The van der Waals surface area contributed by atoms with E-state index in [1.54, 1.807) is 0 Å². The van der Waals surface area contributed by atoms with Gasteiger partial charge in [0.1, 0.15) is 0 Å². The lowest BCUT2D eigenvalue weighted by molar-refractivity contribution is 0.336. The predicted octanol–water partition coefficient (Wildman–Crippen LogP) is 3.99. The van der Waals surface area contributed by atoms with Gasteiger partial charge in [0.05, 0.1) is 10.0 Å². The van der Waals surface area contributed by atoms with E-state index in [0.29, 0.717) is 16.1 Å². The number of hydrogen-bond acceptors (Lipinski definition) is 2. The second-order valence-corrected chi connectivity index (χ2v) is 6.17. The molecule has 1 fully saturated rings. The summed E-state index contributed by atoms with van der Waals surface area (Å²) < 4.78 is 0. The van der Waals surface area contributed by atoms with Crippen LogP contribution in [0.4, 0.5) is 0 Å². The maximum atomic E-state index is 6.06. The van der Waals surface area contributed by atoms with Crippen LogP contribution < -0.4 is 5.32 Å². The Balaban J connectivity index is 1.84. The summed E-state index contributed by atoms with van der Waals surface area (Å²) in [5, 5.41) is 4.85. The van der Waals surface area contributed by atoms with Crippen molar-refractivity contribution in [3.05, 3.63) is 33.8 Å².